The maximum Gasteiger partial charge on any atom is 0.0713 e. The van der Waals surface area contributed by atoms with Gasteiger partial charge in [-0.15, -0.1) is 0 Å². The quantitative estimate of drug-likeness (QED) is 0.159. The van der Waals surface area contributed by atoms with E-state index in [1.807, 2.05) is 0 Å². The smallest absolute Gasteiger partial charge is 0.0713 e. The van der Waals surface area contributed by atoms with Gasteiger partial charge in [0.1, 0.15) is 0 Å². The van der Waals surface area contributed by atoms with Crippen LogP contribution in [0.3, 0.4) is 0 Å². The molecule has 0 saturated carbocycles. The average Bonchev–Trinajstić information content (AvgIpc) is 3.78. The molecule has 1 aliphatic carbocycles. The van der Waals surface area contributed by atoms with Crippen molar-refractivity contribution < 1.29 is 0 Å². The minimum absolute atomic E-state index is 0.463. The Morgan fingerprint density at radius 1 is 0.351 bits per heavy atom. The van der Waals surface area contributed by atoms with E-state index in [0.717, 1.165) is 22.7 Å². The molecule has 0 amide bonds. The fourth-order valence-corrected chi connectivity index (χ4v) is 9.49. The predicted octanol–water partition coefficient (Wildman–Crippen LogP) is 14.3. The van der Waals surface area contributed by atoms with E-state index in [1.54, 1.807) is 0 Å². The summed E-state index contributed by atoms with van der Waals surface area (Å²) in [6.07, 6.45) is 0. The minimum Gasteiger partial charge on any atom is -0.310 e. The molecule has 10 aromatic rings. The van der Waals surface area contributed by atoms with Gasteiger partial charge in [-0.25, -0.2) is 0 Å². The average molecular weight is 727 g/mol. The number of benzene rings is 9. The second kappa shape index (κ2) is 13.4. The summed E-state index contributed by atoms with van der Waals surface area (Å²) in [6, 6.07) is 84.2. The van der Waals surface area contributed by atoms with Crippen molar-refractivity contribution >= 4 is 38.9 Å². The number of fused-ring (bicyclic) bond motifs is 6. The zero-order valence-corrected chi connectivity index (χ0v) is 31.3. The molecule has 1 aliphatic rings. The van der Waals surface area contributed by atoms with Crippen molar-refractivity contribution in [1.29, 1.82) is 0 Å². The fourth-order valence-electron chi connectivity index (χ4n) is 9.49. The Hall–Kier alpha value is -7.42. The Morgan fingerprint density at radius 3 is 1.61 bits per heavy atom. The highest BCUT2D eigenvalue weighted by Crippen LogP contribution is 2.57. The SMILES string of the molecule is c1ccc(-c2ccccc2N(c2ccc3c(c2)-c2ccccc2C3(c2ccccc2)c2ccccc2)c2ccc3c4ccccc4n(-c4ccccc4)c3c2)cc1. The third kappa shape index (κ3) is 5.11. The molecule has 0 bridgehead atoms. The van der Waals surface area contributed by atoms with Gasteiger partial charge in [-0.2, -0.15) is 0 Å². The lowest BCUT2D eigenvalue weighted by molar-refractivity contribution is 0.768. The normalized spacial score (nSPS) is 12.7. The van der Waals surface area contributed by atoms with Crippen LogP contribution >= 0.6 is 0 Å². The Bertz CT molecular complexity index is 3020. The largest absolute Gasteiger partial charge is 0.310 e. The van der Waals surface area contributed by atoms with Crippen LogP contribution in [0.25, 0.3) is 49.7 Å². The second-order valence-corrected chi connectivity index (χ2v) is 14.9. The molecule has 57 heavy (non-hydrogen) atoms. The first-order valence-electron chi connectivity index (χ1n) is 19.7. The second-order valence-electron chi connectivity index (χ2n) is 14.9. The highest BCUT2D eigenvalue weighted by Gasteiger charge is 2.46. The lowest BCUT2D eigenvalue weighted by Crippen LogP contribution is -2.28. The lowest BCUT2D eigenvalue weighted by atomic mass is 9.68. The van der Waals surface area contributed by atoms with Gasteiger partial charge in [-0.1, -0.05) is 182 Å². The van der Waals surface area contributed by atoms with Crippen molar-refractivity contribution in [2.24, 2.45) is 0 Å². The van der Waals surface area contributed by atoms with E-state index in [1.165, 1.54) is 66.3 Å². The highest BCUT2D eigenvalue weighted by atomic mass is 15.1. The van der Waals surface area contributed by atoms with E-state index in [2.05, 4.69) is 240 Å². The number of hydrogen-bond donors (Lipinski definition) is 0. The zero-order valence-electron chi connectivity index (χ0n) is 31.3. The Morgan fingerprint density at radius 2 is 0.877 bits per heavy atom. The van der Waals surface area contributed by atoms with Crippen LogP contribution in [0.15, 0.2) is 231 Å². The van der Waals surface area contributed by atoms with Crippen molar-refractivity contribution in [1.82, 2.24) is 4.57 Å². The molecular weight excluding hydrogens is 689 g/mol. The highest BCUT2D eigenvalue weighted by molar-refractivity contribution is 6.10. The summed E-state index contributed by atoms with van der Waals surface area (Å²) in [5.41, 5.74) is 16.3. The van der Waals surface area contributed by atoms with Gasteiger partial charge in [0.2, 0.25) is 0 Å². The number of anilines is 3. The van der Waals surface area contributed by atoms with Crippen molar-refractivity contribution in [3.8, 4) is 27.9 Å². The van der Waals surface area contributed by atoms with Gasteiger partial charge in [0, 0.05) is 33.4 Å². The van der Waals surface area contributed by atoms with E-state index < -0.39 is 5.41 Å². The summed E-state index contributed by atoms with van der Waals surface area (Å²) in [5.74, 6) is 0. The Balaban J connectivity index is 1.20. The molecule has 0 saturated heterocycles. The molecule has 0 fully saturated rings. The number of nitrogens with zero attached hydrogens (tertiary/aromatic N) is 2. The number of aromatic nitrogens is 1. The molecule has 0 spiro atoms. The van der Waals surface area contributed by atoms with Gasteiger partial charge < -0.3 is 9.47 Å². The summed E-state index contributed by atoms with van der Waals surface area (Å²) in [5, 5.41) is 2.47. The first-order chi connectivity index (χ1) is 28.3. The van der Waals surface area contributed by atoms with E-state index in [9.17, 15) is 0 Å². The van der Waals surface area contributed by atoms with Crippen LogP contribution in [0, 0.1) is 0 Å². The van der Waals surface area contributed by atoms with Crippen LogP contribution in [-0.4, -0.2) is 4.57 Å². The van der Waals surface area contributed by atoms with Gasteiger partial charge in [0.15, 0.2) is 0 Å². The van der Waals surface area contributed by atoms with Crippen LogP contribution in [0.1, 0.15) is 22.3 Å². The molecular formula is C55H38N2. The third-order valence-electron chi connectivity index (χ3n) is 11.9. The molecule has 268 valence electrons. The molecule has 2 heteroatoms. The summed E-state index contributed by atoms with van der Waals surface area (Å²) < 4.78 is 2.41. The van der Waals surface area contributed by atoms with Crippen LogP contribution in [0.4, 0.5) is 17.1 Å². The molecule has 0 unspecified atom stereocenters. The maximum atomic E-state index is 2.46. The van der Waals surface area contributed by atoms with Crippen molar-refractivity contribution in [3.05, 3.63) is 253 Å². The summed E-state index contributed by atoms with van der Waals surface area (Å²) in [7, 11) is 0. The number of rotatable bonds is 7. The van der Waals surface area contributed by atoms with E-state index in [4.69, 9.17) is 0 Å². The predicted molar refractivity (Wildman–Crippen MR) is 238 cm³/mol. The zero-order chi connectivity index (χ0) is 37.8. The van der Waals surface area contributed by atoms with Gasteiger partial charge in [0.05, 0.1) is 22.1 Å². The Labute approximate surface area is 333 Å². The standard InChI is InChI=1S/C55H38N2/c1-5-19-39(20-6-1)45-27-14-17-31-52(45)56(44-33-35-48-47-29-15-18-32-53(47)57(54(48)38-44)42-25-11-4-12-26-42)43-34-36-51-49(37-43)46-28-13-16-30-50(46)55(51,40-21-7-2-8-22-40)41-23-9-3-10-24-41/h1-38H. The topological polar surface area (TPSA) is 8.17 Å². The minimum atomic E-state index is -0.463. The van der Waals surface area contributed by atoms with Crippen molar-refractivity contribution in [2.45, 2.75) is 5.41 Å². The molecule has 2 nitrogen and oxygen atoms in total. The first kappa shape index (κ1) is 33.0. The monoisotopic (exact) mass is 726 g/mol. The third-order valence-corrected chi connectivity index (χ3v) is 11.9. The number of para-hydroxylation sites is 3. The van der Waals surface area contributed by atoms with Crippen LogP contribution in [0.5, 0.6) is 0 Å². The molecule has 0 atom stereocenters. The molecule has 11 rings (SSSR count). The van der Waals surface area contributed by atoms with Crippen molar-refractivity contribution in [3.63, 3.8) is 0 Å². The van der Waals surface area contributed by atoms with Gasteiger partial charge in [-0.05, 0) is 87.5 Å². The lowest BCUT2D eigenvalue weighted by Gasteiger charge is -2.34. The van der Waals surface area contributed by atoms with E-state index in [0.29, 0.717) is 0 Å². The Kier molecular flexibility index (Phi) is 7.75. The fraction of sp³-hybridized carbons (Fsp3) is 0.0182. The van der Waals surface area contributed by atoms with Gasteiger partial charge in [0.25, 0.3) is 0 Å². The van der Waals surface area contributed by atoms with E-state index in [-0.39, 0.29) is 0 Å². The molecule has 1 aromatic heterocycles. The summed E-state index contributed by atoms with van der Waals surface area (Å²) >= 11 is 0. The molecule has 0 aliphatic heterocycles. The number of hydrogen-bond acceptors (Lipinski definition) is 1. The van der Waals surface area contributed by atoms with Crippen LogP contribution in [0.2, 0.25) is 0 Å². The maximum absolute atomic E-state index is 2.46. The molecule has 0 radical (unpaired) electrons. The summed E-state index contributed by atoms with van der Waals surface area (Å²) in [6.45, 7) is 0. The molecule has 1 heterocycles. The van der Waals surface area contributed by atoms with Crippen molar-refractivity contribution in [2.75, 3.05) is 4.90 Å². The first-order valence-corrected chi connectivity index (χ1v) is 19.7. The van der Waals surface area contributed by atoms with Gasteiger partial charge in [-0.3, -0.25) is 0 Å². The van der Waals surface area contributed by atoms with Gasteiger partial charge >= 0.3 is 0 Å². The molecule has 0 N–H and O–H groups in total. The van der Waals surface area contributed by atoms with Crippen LogP contribution in [-0.2, 0) is 5.41 Å². The summed E-state index contributed by atoms with van der Waals surface area (Å²) in [4.78, 5) is 2.46. The van der Waals surface area contributed by atoms with Crippen LogP contribution < -0.4 is 4.90 Å². The molecule has 9 aromatic carbocycles. The van der Waals surface area contributed by atoms with E-state index >= 15 is 0 Å².